The number of hydrogen-bond donors (Lipinski definition) is 1. The summed E-state index contributed by atoms with van der Waals surface area (Å²) in [6.07, 6.45) is 3.46. The highest BCUT2D eigenvalue weighted by atomic mass is 32.2. The summed E-state index contributed by atoms with van der Waals surface area (Å²) in [6.45, 7) is 6.41. The summed E-state index contributed by atoms with van der Waals surface area (Å²) in [5.74, 6) is 1.01. The Labute approximate surface area is 166 Å². The van der Waals surface area contributed by atoms with Crippen molar-refractivity contribution in [1.29, 1.82) is 0 Å². The molecule has 0 unspecified atom stereocenters. The van der Waals surface area contributed by atoms with Crippen LogP contribution in [0.1, 0.15) is 36.5 Å². The first-order valence-electron chi connectivity index (χ1n) is 10.00. The zero-order valence-corrected chi connectivity index (χ0v) is 16.8. The van der Waals surface area contributed by atoms with Gasteiger partial charge in [-0.15, -0.1) is 11.8 Å². The van der Waals surface area contributed by atoms with Crippen LogP contribution in [0.2, 0.25) is 0 Å². The number of benzene rings is 2. The maximum Gasteiger partial charge on any atom is 0.234 e. The number of piperidine rings is 1. The average Bonchev–Trinajstić information content (AvgIpc) is 3.13. The second-order valence-corrected chi connectivity index (χ2v) is 9.16. The van der Waals surface area contributed by atoms with E-state index in [-0.39, 0.29) is 11.2 Å². The Kier molecular flexibility index (Phi) is 5.84. The Balaban J connectivity index is 1.25. The van der Waals surface area contributed by atoms with Crippen molar-refractivity contribution in [1.82, 2.24) is 10.2 Å². The number of nitrogens with zero attached hydrogens (tertiary/aromatic N) is 1. The molecular weight excluding hydrogens is 352 g/mol. The SMILES string of the molecule is CC1CCN(Cc2ccc(CNC(=O)[C@H]3Cc4ccccc4S3)cc2)CC1. The summed E-state index contributed by atoms with van der Waals surface area (Å²) in [6, 6.07) is 17.0. The largest absolute Gasteiger partial charge is 0.351 e. The molecule has 1 fully saturated rings. The standard InChI is InChI=1S/C23H28N2OS/c1-17-10-12-25(13-11-17)16-19-8-6-18(7-9-19)15-24-23(26)22-14-20-4-2-3-5-21(20)27-22/h2-9,17,22H,10-16H2,1H3,(H,24,26)/t22-/m1/s1. The van der Waals surface area contributed by atoms with Gasteiger partial charge in [0.25, 0.3) is 0 Å². The predicted molar refractivity (Wildman–Crippen MR) is 112 cm³/mol. The third-order valence-corrected chi connectivity index (χ3v) is 7.03. The average molecular weight is 381 g/mol. The van der Waals surface area contributed by atoms with Crippen LogP contribution in [-0.4, -0.2) is 29.1 Å². The zero-order chi connectivity index (χ0) is 18.6. The topological polar surface area (TPSA) is 32.3 Å². The molecule has 2 aliphatic rings. The molecule has 4 rings (SSSR count). The van der Waals surface area contributed by atoms with Gasteiger partial charge in [-0.2, -0.15) is 0 Å². The normalized spacial score (nSPS) is 20.4. The van der Waals surface area contributed by atoms with Gasteiger partial charge in [-0.05, 0) is 61.0 Å². The fourth-order valence-corrected chi connectivity index (χ4v) is 5.09. The Morgan fingerprint density at radius 2 is 1.78 bits per heavy atom. The van der Waals surface area contributed by atoms with Crippen LogP contribution in [0.25, 0.3) is 0 Å². The number of nitrogens with one attached hydrogen (secondary N) is 1. The van der Waals surface area contributed by atoms with Crippen LogP contribution in [-0.2, 0) is 24.3 Å². The molecule has 2 aromatic rings. The van der Waals surface area contributed by atoms with Crippen LogP contribution >= 0.6 is 11.8 Å². The Morgan fingerprint density at radius 1 is 1.07 bits per heavy atom. The fraction of sp³-hybridized carbons (Fsp3) is 0.435. The highest BCUT2D eigenvalue weighted by Gasteiger charge is 2.27. The third kappa shape index (κ3) is 4.74. The maximum atomic E-state index is 12.5. The number of hydrogen-bond acceptors (Lipinski definition) is 3. The van der Waals surface area contributed by atoms with E-state index in [1.54, 1.807) is 11.8 Å². The summed E-state index contributed by atoms with van der Waals surface area (Å²) < 4.78 is 0. The lowest BCUT2D eigenvalue weighted by molar-refractivity contribution is -0.120. The molecule has 4 heteroatoms. The minimum atomic E-state index is 0.00293. The van der Waals surface area contributed by atoms with E-state index in [1.807, 2.05) is 12.1 Å². The summed E-state index contributed by atoms with van der Waals surface area (Å²) in [4.78, 5) is 16.3. The quantitative estimate of drug-likeness (QED) is 0.841. The molecule has 1 amide bonds. The Morgan fingerprint density at radius 3 is 2.52 bits per heavy atom. The highest BCUT2D eigenvalue weighted by molar-refractivity contribution is 8.01. The van der Waals surface area contributed by atoms with Crippen LogP contribution < -0.4 is 5.32 Å². The molecule has 0 bridgehead atoms. The van der Waals surface area contributed by atoms with E-state index >= 15 is 0 Å². The van der Waals surface area contributed by atoms with Crippen molar-refractivity contribution in [2.24, 2.45) is 5.92 Å². The molecule has 2 heterocycles. The summed E-state index contributed by atoms with van der Waals surface area (Å²) in [5, 5.41) is 3.11. The Hall–Kier alpha value is -1.78. The number of fused-ring (bicyclic) bond motifs is 1. The van der Waals surface area contributed by atoms with E-state index in [9.17, 15) is 4.79 Å². The van der Waals surface area contributed by atoms with Crippen molar-refractivity contribution in [2.45, 2.75) is 49.4 Å². The van der Waals surface area contributed by atoms with Crippen molar-refractivity contribution in [3.05, 3.63) is 65.2 Å². The molecule has 2 aromatic carbocycles. The summed E-state index contributed by atoms with van der Waals surface area (Å²) in [5.41, 5.74) is 3.82. The fourth-order valence-electron chi connectivity index (χ4n) is 3.87. The van der Waals surface area contributed by atoms with Gasteiger partial charge in [-0.1, -0.05) is 49.4 Å². The molecule has 1 atom stereocenters. The molecule has 1 N–H and O–H groups in total. The van der Waals surface area contributed by atoms with Gasteiger partial charge in [0, 0.05) is 18.0 Å². The van der Waals surface area contributed by atoms with E-state index < -0.39 is 0 Å². The molecule has 0 spiro atoms. The van der Waals surface area contributed by atoms with Gasteiger partial charge in [0.2, 0.25) is 5.91 Å². The number of amides is 1. The molecule has 27 heavy (non-hydrogen) atoms. The molecule has 0 aliphatic carbocycles. The molecule has 2 aliphatic heterocycles. The minimum Gasteiger partial charge on any atom is -0.351 e. The third-order valence-electron chi connectivity index (χ3n) is 5.71. The van der Waals surface area contributed by atoms with Crippen molar-refractivity contribution in [2.75, 3.05) is 13.1 Å². The van der Waals surface area contributed by atoms with Crippen molar-refractivity contribution in [3.63, 3.8) is 0 Å². The number of likely N-dealkylation sites (tertiary alicyclic amines) is 1. The van der Waals surface area contributed by atoms with Crippen LogP contribution in [0, 0.1) is 5.92 Å². The van der Waals surface area contributed by atoms with Gasteiger partial charge in [0.05, 0.1) is 5.25 Å². The van der Waals surface area contributed by atoms with E-state index in [4.69, 9.17) is 0 Å². The van der Waals surface area contributed by atoms with Gasteiger partial charge in [-0.3, -0.25) is 9.69 Å². The predicted octanol–water partition coefficient (Wildman–Crippen LogP) is 4.25. The van der Waals surface area contributed by atoms with Crippen molar-refractivity contribution >= 4 is 17.7 Å². The molecule has 0 radical (unpaired) electrons. The van der Waals surface area contributed by atoms with E-state index in [2.05, 4.69) is 53.5 Å². The molecular formula is C23H28N2OS. The van der Waals surface area contributed by atoms with Crippen molar-refractivity contribution in [3.8, 4) is 0 Å². The summed E-state index contributed by atoms with van der Waals surface area (Å²) >= 11 is 1.68. The second kappa shape index (κ2) is 8.49. The zero-order valence-electron chi connectivity index (χ0n) is 16.0. The highest BCUT2D eigenvalue weighted by Crippen LogP contribution is 2.36. The lowest BCUT2D eigenvalue weighted by Gasteiger charge is -2.30. The monoisotopic (exact) mass is 380 g/mol. The molecule has 0 saturated carbocycles. The first kappa shape index (κ1) is 18.6. The lowest BCUT2D eigenvalue weighted by Crippen LogP contribution is -2.32. The lowest BCUT2D eigenvalue weighted by atomic mass is 9.99. The van der Waals surface area contributed by atoms with Gasteiger partial charge in [0.1, 0.15) is 0 Å². The van der Waals surface area contributed by atoms with Crippen LogP contribution in [0.5, 0.6) is 0 Å². The van der Waals surface area contributed by atoms with Gasteiger partial charge >= 0.3 is 0 Å². The molecule has 142 valence electrons. The van der Waals surface area contributed by atoms with Gasteiger partial charge < -0.3 is 5.32 Å². The molecule has 3 nitrogen and oxygen atoms in total. The number of carbonyl (C=O) groups excluding carboxylic acids is 1. The van der Waals surface area contributed by atoms with E-state index in [1.165, 1.54) is 47.5 Å². The van der Waals surface area contributed by atoms with Crippen LogP contribution in [0.3, 0.4) is 0 Å². The first-order chi connectivity index (χ1) is 13.2. The number of carbonyl (C=O) groups is 1. The number of rotatable bonds is 5. The smallest absolute Gasteiger partial charge is 0.234 e. The van der Waals surface area contributed by atoms with E-state index in [0.717, 1.165) is 18.9 Å². The van der Waals surface area contributed by atoms with Crippen molar-refractivity contribution < 1.29 is 4.79 Å². The Bertz CT molecular complexity index is 756. The molecule has 0 aromatic heterocycles. The minimum absolute atomic E-state index is 0.00293. The number of thioether (sulfide) groups is 1. The maximum absolute atomic E-state index is 12.5. The summed E-state index contributed by atoms with van der Waals surface area (Å²) in [7, 11) is 0. The van der Waals surface area contributed by atoms with Crippen LogP contribution in [0.15, 0.2) is 53.4 Å². The molecule has 1 saturated heterocycles. The van der Waals surface area contributed by atoms with Gasteiger partial charge in [-0.25, -0.2) is 0 Å². The van der Waals surface area contributed by atoms with Crippen LogP contribution in [0.4, 0.5) is 0 Å². The first-order valence-corrected chi connectivity index (χ1v) is 10.9. The van der Waals surface area contributed by atoms with E-state index in [0.29, 0.717) is 6.54 Å². The second-order valence-electron chi connectivity index (χ2n) is 7.91. The van der Waals surface area contributed by atoms with Gasteiger partial charge in [0.15, 0.2) is 0 Å².